The maximum absolute atomic E-state index is 13.3. The number of nitrogens with two attached hydrogens (primary N) is 1. The monoisotopic (exact) mass is 351 g/mol. The molecule has 0 aliphatic carbocycles. The summed E-state index contributed by atoms with van der Waals surface area (Å²) in [6.45, 7) is 3.63. The van der Waals surface area contributed by atoms with Crippen molar-refractivity contribution < 1.29 is 13.9 Å². The van der Waals surface area contributed by atoms with Gasteiger partial charge in [0.1, 0.15) is 23.1 Å². The van der Waals surface area contributed by atoms with Crippen LogP contribution in [0.4, 0.5) is 15.9 Å². The zero-order chi connectivity index (χ0) is 18.7. The summed E-state index contributed by atoms with van der Waals surface area (Å²) >= 11 is 0. The second-order valence-electron chi connectivity index (χ2n) is 5.88. The summed E-state index contributed by atoms with van der Waals surface area (Å²) in [7, 11) is 0. The number of hydrogen-bond donors (Lipinski definition) is 2. The molecule has 0 unspecified atom stereocenters. The lowest BCUT2D eigenvalue weighted by Gasteiger charge is -2.12. The molecule has 0 aliphatic rings. The van der Waals surface area contributed by atoms with Crippen molar-refractivity contribution in [1.29, 1.82) is 0 Å². The standard InChI is InChI=1S/C20H18FN3O2/c1-12-9-13(2)23-19(22)18(12)20(25)24-15-6-4-8-17(11-15)26-16-7-3-5-14(21)10-16/h3-11H,1-2H3,(H2,22,23)(H,24,25). The minimum atomic E-state index is -0.384. The summed E-state index contributed by atoms with van der Waals surface area (Å²) in [6, 6.07) is 14.5. The third-order valence-corrected chi connectivity index (χ3v) is 3.72. The van der Waals surface area contributed by atoms with Crippen molar-refractivity contribution in [2.75, 3.05) is 11.1 Å². The predicted molar refractivity (Wildman–Crippen MR) is 99.0 cm³/mol. The van der Waals surface area contributed by atoms with E-state index in [1.54, 1.807) is 42.5 Å². The highest BCUT2D eigenvalue weighted by Gasteiger charge is 2.15. The highest BCUT2D eigenvalue weighted by Crippen LogP contribution is 2.25. The molecule has 1 aromatic heterocycles. The van der Waals surface area contributed by atoms with Crippen LogP contribution in [0.1, 0.15) is 21.6 Å². The zero-order valence-corrected chi connectivity index (χ0v) is 14.4. The number of carbonyl (C=O) groups is 1. The van der Waals surface area contributed by atoms with Crippen LogP contribution in [-0.4, -0.2) is 10.9 Å². The summed E-state index contributed by atoms with van der Waals surface area (Å²) in [5, 5.41) is 2.78. The van der Waals surface area contributed by atoms with Gasteiger partial charge >= 0.3 is 0 Å². The Morgan fingerprint density at radius 3 is 2.46 bits per heavy atom. The lowest BCUT2D eigenvalue weighted by atomic mass is 10.1. The van der Waals surface area contributed by atoms with Gasteiger partial charge in [0.25, 0.3) is 5.91 Å². The van der Waals surface area contributed by atoms with Gasteiger partial charge in [0.2, 0.25) is 0 Å². The molecule has 0 fully saturated rings. The number of aromatic nitrogens is 1. The lowest BCUT2D eigenvalue weighted by Crippen LogP contribution is -2.17. The Labute approximate surface area is 150 Å². The van der Waals surface area contributed by atoms with E-state index in [0.29, 0.717) is 22.7 Å². The maximum atomic E-state index is 13.3. The van der Waals surface area contributed by atoms with Gasteiger partial charge in [0, 0.05) is 23.5 Å². The molecule has 0 saturated heterocycles. The van der Waals surface area contributed by atoms with Crippen LogP contribution < -0.4 is 15.8 Å². The first-order valence-corrected chi connectivity index (χ1v) is 8.01. The highest BCUT2D eigenvalue weighted by atomic mass is 19.1. The Bertz CT molecular complexity index is 950. The number of rotatable bonds is 4. The number of nitrogens with one attached hydrogen (secondary N) is 1. The van der Waals surface area contributed by atoms with Crippen LogP contribution in [0.5, 0.6) is 11.5 Å². The number of pyridine rings is 1. The molecule has 5 nitrogen and oxygen atoms in total. The van der Waals surface area contributed by atoms with Gasteiger partial charge in [-0.2, -0.15) is 0 Å². The fourth-order valence-corrected chi connectivity index (χ4v) is 2.66. The van der Waals surface area contributed by atoms with E-state index in [1.165, 1.54) is 12.1 Å². The van der Waals surface area contributed by atoms with E-state index in [-0.39, 0.29) is 17.5 Å². The summed E-state index contributed by atoms with van der Waals surface area (Å²) in [5.41, 5.74) is 8.26. The molecule has 1 heterocycles. The van der Waals surface area contributed by atoms with Crippen LogP contribution in [0.2, 0.25) is 0 Å². The van der Waals surface area contributed by atoms with Crippen LogP contribution in [-0.2, 0) is 0 Å². The molecule has 0 radical (unpaired) electrons. The zero-order valence-electron chi connectivity index (χ0n) is 14.4. The number of halogens is 1. The van der Waals surface area contributed by atoms with Gasteiger partial charge < -0.3 is 15.8 Å². The van der Waals surface area contributed by atoms with E-state index in [9.17, 15) is 9.18 Å². The quantitative estimate of drug-likeness (QED) is 0.727. The molecule has 3 N–H and O–H groups in total. The van der Waals surface area contributed by atoms with Crippen LogP contribution in [0, 0.1) is 19.7 Å². The van der Waals surface area contributed by atoms with Crippen LogP contribution in [0.3, 0.4) is 0 Å². The van der Waals surface area contributed by atoms with Crippen molar-refractivity contribution in [1.82, 2.24) is 4.98 Å². The maximum Gasteiger partial charge on any atom is 0.259 e. The Morgan fingerprint density at radius 2 is 1.77 bits per heavy atom. The molecule has 1 amide bonds. The third kappa shape index (κ3) is 3.97. The van der Waals surface area contributed by atoms with Gasteiger partial charge in [-0.15, -0.1) is 0 Å². The van der Waals surface area contributed by atoms with Crippen molar-refractivity contribution in [3.63, 3.8) is 0 Å². The molecule has 2 aromatic carbocycles. The first-order valence-electron chi connectivity index (χ1n) is 8.01. The number of carbonyl (C=O) groups excluding carboxylic acids is 1. The number of nitrogens with zero attached hydrogens (tertiary/aromatic N) is 1. The Balaban J connectivity index is 1.80. The van der Waals surface area contributed by atoms with Crippen LogP contribution in [0.15, 0.2) is 54.6 Å². The van der Waals surface area contributed by atoms with E-state index >= 15 is 0 Å². The second-order valence-corrected chi connectivity index (χ2v) is 5.88. The van der Waals surface area contributed by atoms with Gasteiger partial charge in [0.15, 0.2) is 0 Å². The SMILES string of the molecule is Cc1cc(C)c(C(=O)Nc2cccc(Oc3cccc(F)c3)c2)c(N)n1. The minimum absolute atomic E-state index is 0.187. The predicted octanol–water partition coefficient (Wildman–Crippen LogP) is 4.46. The fraction of sp³-hybridized carbons (Fsp3) is 0.100. The third-order valence-electron chi connectivity index (χ3n) is 3.72. The average molecular weight is 351 g/mol. The van der Waals surface area contributed by atoms with Gasteiger partial charge in [-0.25, -0.2) is 9.37 Å². The fourth-order valence-electron chi connectivity index (χ4n) is 2.66. The minimum Gasteiger partial charge on any atom is -0.457 e. The van der Waals surface area contributed by atoms with Crippen molar-refractivity contribution >= 4 is 17.4 Å². The van der Waals surface area contributed by atoms with E-state index in [1.807, 2.05) is 13.8 Å². The average Bonchev–Trinajstić information content (AvgIpc) is 2.54. The number of anilines is 2. The summed E-state index contributed by atoms with van der Waals surface area (Å²) in [4.78, 5) is 16.7. The number of hydrogen-bond acceptors (Lipinski definition) is 4. The normalized spacial score (nSPS) is 10.4. The molecule has 6 heteroatoms. The van der Waals surface area contributed by atoms with Crippen LogP contribution >= 0.6 is 0 Å². The Kier molecular flexibility index (Phi) is 4.84. The van der Waals surface area contributed by atoms with Gasteiger partial charge in [-0.3, -0.25) is 4.79 Å². The van der Waals surface area contributed by atoms with Crippen molar-refractivity contribution in [2.45, 2.75) is 13.8 Å². The summed E-state index contributed by atoms with van der Waals surface area (Å²) in [5.74, 6) is 0.295. The molecule has 0 atom stereocenters. The summed E-state index contributed by atoms with van der Waals surface area (Å²) in [6.07, 6.45) is 0. The number of nitrogen functional groups attached to an aromatic ring is 1. The van der Waals surface area contributed by atoms with Gasteiger partial charge in [-0.05, 0) is 49.7 Å². The van der Waals surface area contributed by atoms with E-state index in [2.05, 4.69) is 10.3 Å². The smallest absolute Gasteiger partial charge is 0.259 e. The molecule has 3 rings (SSSR count). The first kappa shape index (κ1) is 17.4. The van der Waals surface area contributed by atoms with Crippen molar-refractivity contribution in [2.24, 2.45) is 0 Å². The van der Waals surface area contributed by atoms with Crippen LogP contribution in [0.25, 0.3) is 0 Å². The molecule has 0 bridgehead atoms. The number of aryl methyl sites for hydroxylation is 2. The molecule has 132 valence electrons. The number of amides is 1. The first-order chi connectivity index (χ1) is 12.4. The number of benzene rings is 2. The van der Waals surface area contributed by atoms with Gasteiger partial charge in [-0.1, -0.05) is 12.1 Å². The molecule has 0 saturated carbocycles. The Hall–Kier alpha value is -3.41. The molecular weight excluding hydrogens is 333 g/mol. The number of ether oxygens (including phenoxy) is 1. The van der Waals surface area contributed by atoms with E-state index in [0.717, 1.165) is 11.3 Å². The Morgan fingerprint density at radius 1 is 1.08 bits per heavy atom. The van der Waals surface area contributed by atoms with Crippen molar-refractivity contribution in [3.05, 3.63) is 77.2 Å². The molecular formula is C20H18FN3O2. The summed E-state index contributed by atoms with van der Waals surface area (Å²) < 4.78 is 18.9. The largest absolute Gasteiger partial charge is 0.457 e. The van der Waals surface area contributed by atoms with Gasteiger partial charge in [0.05, 0.1) is 5.56 Å². The highest BCUT2D eigenvalue weighted by molar-refractivity contribution is 6.08. The van der Waals surface area contributed by atoms with E-state index in [4.69, 9.17) is 10.5 Å². The molecule has 26 heavy (non-hydrogen) atoms. The molecule has 0 spiro atoms. The second kappa shape index (κ2) is 7.23. The van der Waals surface area contributed by atoms with Crippen molar-refractivity contribution in [3.8, 4) is 11.5 Å². The molecule has 3 aromatic rings. The van der Waals surface area contributed by atoms with E-state index < -0.39 is 0 Å². The topological polar surface area (TPSA) is 77.2 Å². The molecule has 0 aliphatic heterocycles. The lowest BCUT2D eigenvalue weighted by molar-refractivity contribution is 0.102.